The van der Waals surface area contributed by atoms with Gasteiger partial charge in [0.15, 0.2) is 0 Å². The molecule has 0 spiro atoms. The predicted octanol–water partition coefficient (Wildman–Crippen LogP) is 2.37. The molecule has 0 unspecified atom stereocenters. The molecule has 0 heterocycles. The van der Waals surface area contributed by atoms with E-state index in [1.807, 2.05) is 12.1 Å². The fourth-order valence-corrected chi connectivity index (χ4v) is 1.51. The molecule has 0 bridgehead atoms. The second-order valence-electron chi connectivity index (χ2n) is 4.58. The Kier molecular flexibility index (Phi) is 21.4. The van der Waals surface area contributed by atoms with Gasteiger partial charge in [0.25, 0.3) is 0 Å². The summed E-state index contributed by atoms with van der Waals surface area (Å²) in [5.74, 6) is 0. The van der Waals surface area contributed by atoms with Gasteiger partial charge in [0, 0.05) is 19.5 Å². The number of aryl methyl sites for hydroxylation is 1. The van der Waals surface area contributed by atoms with Crippen molar-refractivity contribution < 1.29 is 48.8 Å². The molecule has 0 saturated carbocycles. The maximum absolute atomic E-state index is 7.56. The zero-order chi connectivity index (χ0) is 18.4. The zero-order valence-electron chi connectivity index (χ0n) is 13.7. The third-order valence-electron chi connectivity index (χ3n) is 2.32. The van der Waals surface area contributed by atoms with Crippen LogP contribution in [0.2, 0.25) is 0 Å². The third kappa shape index (κ3) is 43.4. The molecule has 0 fully saturated rings. The molecule has 0 aliphatic carbocycles. The Bertz CT molecular complexity index is 444. The van der Waals surface area contributed by atoms with Crippen molar-refractivity contribution in [3.8, 4) is 0 Å². The van der Waals surface area contributed by atoms with Gasteiger partial charge in [0.05, 0.1) is 0 Å². The topological polar surface area (TPSA) is 121 Å². The molecule has 0 saturated heterocycles. The van der Waals surface area contributed by atoms with Crippen LogP contribution in [-0.4, -0.2) is 29.4 Å². The van der Waals surface area contributed by atoms with E-state index in [1.165, 1.54) is 44.1 Å². The van der Waals surface area contributed by atoms with Crippen molar-refractivity contribution in [2.45, 2.75) is 45.4 Å². The molecular weight excluding hydrogens is 444 g/mol. The van der Waals surface area contributed by atoms with Crippen LogP contribution in [0.3, 0.4) is 0 Å². The van der Waals surface area contributed by atoms with Gasteiger partial charge >= 0.3 is 13.4 Å². The second-order valence-corrected chi connectivity index (χ2v) is 9.57. The molecule has 0 aliphatic rings. The Morgan fingerprint density at radius 2 is 1.33 bits per heavy atom. The Labute approximate surface area is 166 Å². The van der Waals surface area contributed by atoms with Crippen LogP contribution >= 0.6 is 13.4 Å². The van der Waals surface area contributed by atoms with E-state index < -0.39 is 13.4 Å². The molecule has 0 radical (unpaired) electrons. The number of benzene rings is 1. The molecule has 6 nitrogen and oxygen atoms in total. The number of rotatable bonds is 6. The van der Waals surface area contributed by atoms with Crippen molar-refractivity contribution in [2.24, 2.45) is 0 Å². The molecular formula is C13H25O6P2S2Zn-. The molecule has 11 heteroatoms. The molecule has 0 aromatic heterocycles. The minimum atomic E-state index is -3.81. The van der Waals surface area contributed by atoms with Crippen LogP contribution in [0.4, 0.5) is 0 Å². The van der Waals surface area contributed by atoms with Crippen LogP contribution in [0.1, 0.15) is 44.6 Å². The van der Waals surface area contributed by atoms with Gasteiger partial charge in [-0.05, 0) is 23.6 Å². The normalized spacial score (nSPS) is 10.5. The fourth-order valence-electron chi connectivity index (χ4n) is 1.51. The first-order valence-corrected chi connectivity index (χ1v) is 12.3. The molecule has 1 aromatic carbocycles. The summed E-state index contributed by atoms with van der Waals surface area (Å²) >= 11 is 7.21. The third-order valence-corrected chi connectivity index (χ3v) is 2.32. The van der Waals surface area contributed by atoms with Gasteiger partial charge in [-0.3, -0.25) is 0 Å². The zero-order valence-corrected chi connectivity index (χ0v) is 20.0. The largest absolute Gasteiger partial charge is 0.325 e. The van der Waals surface area contributed by atoms with E-state index in [0.717, 1.165) is 0 Å². The van der Waals surface area contributed by atoms with E-state index in [1.54, 1.807) is 0 Å². The summed E-state index contributed by atoms with van der Waals surface area (Å²) in [5.41, 5.74) is 1.36. The van der Waals surface area contributed by atoms with Crippen LogP contribution in [0.15, 0.2) is 24.3 Å². The van der Waals surface area contributed by atoms with Gasteiger partial charge in [-0.2, -0.15) is 35.9 Å². The van der Waals surface area contributed by atoms with Crippen molar-refractivity contribution in [2.75, 3.05) is 0 Å². The quantitative estimate of drug-likeness (QED) is 0.163. The molecule has 1 rings (SSSR count). The van der Waals surface area contributed by atoms with E-state index in [-0.39, 0.29) is 19.5 Å². The Hall–Kier alpha value is 0.903. The molecule has 24 heavy (non-hydrogen) atoms. The Morgan fingerprint density at radius 3 is 1.71 bits per heavy atom. The molecule has 0 amide bonds. The number of unbranched alkanes of at least 4 members (excludes halogenated alkanes) is 4. The van der Waals surface area contributed by atoms with Gasteiger partial charge in [0.2, 0.25) is 0 Å². The molecule has 0 aliphatic heterocycles. The SMILES string of the molecule is CCCCCCCc1[c-]cccc1.OP(O)(O)=S.OP(O)(O)=S.[Zn]. The summed E-state index contributed by atoms with van der Waals surface area (Å²) in [5, 5.41) is 0. The summed E-state index contributed by atoms with van der Waals surface area (Å²) in [6.45, 7) is -5.36. The minimum absolute atomic E-state index is 0. The number of hydrogen-bond donors (Lipinski definition) is 6. The standard InChI is InChI=1S/C13H19.2H3O3PS.Zn/c1-2-3-4-5-7-10-13-11-8-6-9-12-13;2*1-4(2,3)5;/h6,8-9,11H,2-5,7,10H2,1H3;2*(H3,1,2,3,5);/q-1;;;. The van der Waals surface area contributed by atoms with Gasteiger partial charge in [-0.15, -0.1) is 0 Å². The van der Waals surface area contributed by atoms with E-state index >= 15 is 0 Å². The number of hydrogen-bond acceptors (Lipinski definition) is 2. The van der Waals surface area contributed by atoms with Gasteiger partial charge in [-0.1, -0.05) is 45.4 Å². The summed E-state index contributed by atoms with van der Waals surface area (Å²) < 4.78 is 0. The summed E-state index contributed by atoms with van der Waals surface area (Å²) in [4.78, 5) is 45.3. The van der Waals surface area contributed by atoms with E-state index in [9.17, 15) is 0 Å². The smallest absolute Gasteiger partial charge is 0.319 e. The Morgan fingerprint density at radius 1 is 0.875 bits per heavy atom. The summed E-state index contributed by atoms with van der Waals surface area (Å²) in [7, 11) is 0. The van der Waals surface area contributed by atoms with Crippen molar-refractivity contribution in [1.29, 1.82) is 0 Å². The van der Waals surface area contributed by atoms with Crippen LogP contribution in [0, 0.1) is 6.07 Å². The minimum Gasteiger partial charge on any atom is -0.325 e. The monoisotopic (exact) mass is 467 g/mol. The molecule has 6 N–H and O–H groups in total. The average Bonchev–Trinajstić information content (AvgIpc) is 2.36. The first-order chi connectivity index (χ1) is 10.4. The second kappa shape index (κ2) is 17.3. The first-order valence-electron chi connectivity index (χ1n) is 6.95. The molecule has 138 valence electrons. The first kappa shape index (κ1) is 29.7. The summed E-state index contributed by atoms with van der Waals surface area (Å²) in [6, 6.07) is 11.6. The predicted molar refractivity (Wildman–Crippen MR) is 99.6 cm³/mol. The average molecular weight is 469 g/mol. The maximum Gasteiger partial charge on any atom is 0.319 e. The fraction of sp³-hybridized carbons (Fsp3) is 0.538. The summed E-state index contributed by atoms with van der Waals surface area (Å²) in [6.07, 6.45) is 8.00. The molecule has 1 aromatic rings. The van der Waals surface area contributed by atoms with Crippen molar-refractivity contribution in [1.82, 2.24) is 0 Å². The molecule has 0 atom stereocenters. The Balaban J connectivity index is -0.000000337. The van der Waals surface area contributed by atoms with E-state index in [2.05, 4.69) is 48.7 Å². The van der Waals surface area contributed by atoms with Crippen LogP contribution < -0.4 is 0 Å². The van der Waals surface area contributed by atoms with Crippen LogP contribution in [0.5, 0.6) is 0 Å². The van der Waals surface area contributed by atoms with Crippen LogP contribution in [0.25, 0.3) is 0 Å². The van der Waals surface area contributed by atoms with Gasteiger partial charge in [0.1, 0.15) is 0 Å². The van der Waals surface area contributed by atoms with E-state index in [0.29, 0.717) is 0 Å². The van der Waals surface area contributed by atoms with Crippen molar-refractivity contribution >= 4 is 37.1 Å². The van der Waals surface area contributed by atoms with Crippen molar-refractivity contribution in [3.63, 3.8) is 0 Å². The van der Waals surface area contributed by atoms with Crippen LogP contribution in [-0.2, 0) is 49.5 Å². The maximum atomic E-state index is 7.56. The van der Waals surface area contributed by atoms with Crippen molar-refractivity contribution in [3.05, 3.63) is 35.9 Å². The van der Waals surface area contributed by atoms with E-state index in [4.69, 9.17) is 29.4 Å². The van der Waals surface area contributed by atoms with Gasteiger partial charge < -0.3 is 29.4 Å². The van der Waals surface area contributed by atoms with Gasteiger partial charge in [-0.25, -0.2) is 0 Å².